The molecule has 0 aliphatic carbocycles. The summed E-state index contributed by atoms with van der Waals surface area (Å²) in [6, 6.07) is 9.41. The second-order valence-electron chi connectivity index (χ2n) is 4.75. The summed E-state index contributed by atoms with van der Waals surface area (Å²) >= 11 is 0. The highest BCUT2D eigenvalue weighted by Gasteiger charge is 2.04. The maximum Gasteiger partial charge on any atom is 0.0383 e. The Bertz CT molecular complexity index is 323. The molecule has 0 heterocycles. The number of rotatable bonds is 7. The highest BCUT2D eigenvalue weighted by Crippen LogP contribution is 2.13. The van der Waals surface area contributed by atoms with Gasteiger partial charge in [0.1, 0.15) is 0 Å². The monoisotopic (exact) mass is 235 g/mol. The fraction of sp³-hybridized carbons (Fsp3) is 0.571. The van der Waals surface area contributed by atoms with Gasteiger partial charge in [-0.2, -0.15) is 0 Å². The predicted molar refractivity (Wildman–Crippen MR) is 75.4 cm³/mol. The van der Waals surface area contributed by atoms with Crippen LogP contribution in [0.25, 0.3) is 0 Å². The summed E-state index contributed by atoms with van der Waals surface area (Å²) in [5.41, 5.74) is 2.51. The van der Waals surface area contributed by atoms with Crippen molar-refractivity contribution in [2.75, 3.05) is 18.9 Å². The molecule has 1 atom stereocenters. The van der Waals surface area contributed by atoms with Crippen molar-refractivity contribution in [3.8, 4) is 0 Å². The molecule has 1 rings (SSSR count). The van der Waals surface area contributed by atoms with Gasteiger partial charge in [0.2, 0.25) is 0 Å². The standard InChI is InChI=1S/C14H25N3/c1-11(2)16-9-12(3)17-10-13-7-5-6-8-14(13)15-4/h5-8,11-12,15-17H,9-10H2,1-4H3. The Morgan fingerprint density at radius 3 is 2.41 bits per heavy atom. The van der Waals surface area contributed by atoms with Crippen LogP contribution in [0, 0.1) is 0 Å². The molecule has 17 heavy (non-hydrogen) atoms. The smallest absolute Gasteiger partial charge is 0.0383 e. The molecule has 0 aromatic heterocycles. The molecule has 0 saturated carbocycles. The van der Waals surface area contributed by atoms with Gasteiger partial charge in [0, 0.05) is 37.9 Å². The third-order valence-electron chi connectivity index (χ3n) is 2.76. The van der Waals surface area contributed by atoms with Gasteiger partial charge in [0.05, 0.1) is 0 Å². The van der Waals surface area contributed by atoms with Crippen molar-refractivity contribution in [1.82, 2.24) is 10.6 Å². The first-order chi connectivity index (χ1) is 8.13. The van der Waals surface area contributed by atoms with Crippen LogP contribution in [0.2, 0.25) is 0 Å². The van der Waals surface area contributed by atoms with Crippen LogP contribution < -0.4 is 16.0 Å². The summed E-state index contributed by atoms with van der Waals surface area (Å²) in [5, 5.41) is 10.2. The minimum atomic E-state index is 0.474. The van der Waals surface area contributed by atoms with E-state index in [0.29, 0.717) is 12.1 Å². The van der Waals surface area contributed by atoms with Gasteiger partial charge in [-0.15, -0.1) is 0 Å². The largest absolute Gasteiger partial charge is 0.388 e. The van der Waals surface area contributed by atoms with Crippen LogP contribution in [-0.4, -0.2) is 25.7 Å². The van der Waals surface area contributed by atoms with Crippen molar-refractivity contribution in [2.24, 2.45) is 0 Å². The number of benzene rings is 1. The molecule has 0 spiro atoms. The Balaban J connectivity index is 2.39. The van der Waals surface area contributed by atoms with Gasteiger partial charge < -0.3 is 16.0 Å². The first-order valence-electron chi connectivity index (χ1n) is 6.36. The molecule has 0 radical (unpaired) electrons. The maximum absolute atomic E-state index is 3.53. The minimum Gasteiger partial charge on any atom is -0.388 e. The van der Waals surface area contributed by atoms with Gasteiger partial charge in [0.15, 0.2) is 0 Å². The molecule has 0 aliphatic heterocycles. The molecular formula is C14H25N3. The summed E-state index contributed by atoms with van der Waals surface area (Å²) in [4.78, 5) is 0. The van der Waals surface area contributed by atoms with Crippen LogP contribution in [0.15, 0.2) is 24.3 Å². The van der Waals surface area contributed by atoms with E-state index in [1.54, 1.807) is 0 Å². The topological polar surface area (TPSA) is 36.1 Å². The highest BCUT2D eigenvalue weighted by molar-refractivity contribution is 5.50. The Labute approximate surface area is 105 Å². The predicted octanol–water partition coefficient (Wildman–Crippen LogP) is 2.20. The fourth-order valence-electron chi connectivity index (χ4n) is 1.69. The summed E-state index contributed by atoms with van der Waals surface area (Å²) < 4.78 is 0. The zero-order valence-electron chi connectivity index (χ0n) is 11.4. The normalized spacial score (nSPS) is 12.8. The molecule has 0 saturated heterocycles. The Hall–Kier alpha value is -1.06. The van der Waals surface area contributed by atoms with Gasteiger partial charge in [-0.1, -0.05) is 32.0 Å². The van der Waals surface area contributed by atoms with Gasteiger partial charge in [-0.05, 0) is 18.6 Å². The van der Waals surface area contributed by atoms with E-state index in [4.69, 9.17) is 0 Å². The molecule has 0 amide bonds. The number of hydrogen-bond acceptors (Lipinski definition) is 3. The van der Waals surface area contributed by atoms with Crippen molar-refractivity contribution < 1.29 is 0 Å². The van der Waals surface area contributed by atoms with Crippen molar-refractivity contribution in [2.45, 2.75) is 39.4 Å². The van der Waals surface area contributed by atoms with Crippen LogP contribution in [0.5, 0.6) is 0 Å². The third-order valence-corrected chi connectivity index (χ3v) is 2.76. The van der Waals surface area contributed by atoms with Gasteiger partial charge in [-0.25, -0.2) is 0 Å². The van der Waals surface area contributed by atoms with E-state index in [2.05, 4.69) is 61.0 Å². The Kier molecular flexibility index (Phi) is 6.01. The Morgan fingerprint density at radius 1 is 1.06 bits per heavy atom. The molecule has 0 fully saturated rings. The lowest BCUT2D eigenvalue weighted by Crippen LogP contribution is -2.38. The number of hydrogen-bond donors (Lipinski definition) is 3. The number of nitrogens with one attached hydrogen (secondary N) is 3. The summed E-state index contributed by atoms with van der Waals surface area (Å²) in [6.07, 6.45) is 0. The summed E-state index contributed by atoms with van der Waals surface area (Å²) in [7, 11) is 1.96. The number of para-hydroxylation sites is 1. The van der Waals surface area contributed by atoms with E-state index in [1.165, 1.54) is 11.3 Å². The molecule has 1 aromatic carbocycles. The number of anilines is 1. The van der Waals surface area contributed by atoms with Gasteiger partial charge in [0.25, 0.3) is 0 Å². The average Bonchev–Trinajstić information content (AvgIpc) is 2.34. The minimum absolute atomic E-state index is 0.474. The van der Waals surface area contributed by atoms with Crippen LogP contribution in [0.4, 0.5) is 5.69 Å². The van der Waals surface area contributed by atoms with E-state index < -0.39 is 0 Å². The summed E-state index contributed by atoms with van der Waals surface area (Å²) in [5.74, 6) is 0. The van der Waals surface area contributed by atoms with Crippen LogP contribution in [0.3, 0.4) is 0 Å². The first kappa shape index (κ1) is 14.0. The maximum atomic E-state index is 3.53. The second kappa shape index (κ2) is 7.30. The third kappa shape index (κ3) is 5.20. The van der Waals surface area contributed by atoms with Crippen molar-refractivity contribution in [3.63, 3.8) is 0 Å². The lowest BCUT2D eigenvalue weighted by molar-refractivity contribution is 0.474. The van der Waals surface area contributed by atoms with Crippen LogP contribution in [0.1, 0.15) is 26.3 Å². The first-order valence-corrected chi connectivity index (χ1v) is 6.36. The van der Waals surface area contributed by atoms with E-state index in [1.807, 2.05) is 7.05 Å². The van der Waals surface area contributed by atoms with E-state index in [9.17, 15) is 0 Å². The second-order valence-corrected chi connectivity index (χ2v) is 4.75. The van der Waals surface area contributed by atoms with E-state index in [0.717, 1.165) is 13.1 Å². The SMILES string of the molecule is CNc1ccccc1CNC(C)CNC(C)C. The van der Waals surface area contributed by atoms with Crippen LogP contribution in [-0.2, 0) is 6.54 Å². The summed E-state index contributed by atoms with van der Waals surface area (Å²) in [6.45, 7) is 8.45. The van der Waals surface area contributed by atoms with Crippen molar-refractivity contribution >= 4 is 5.69 Å². The average molecular weight is 235 g/mol. The fourth-order valence-corrected chi connectivity index (χ4v) is 1.69. The van der Waals surface area contributed by atoms with Crippen molar-refractivity contribution in [3.05, 3.63) is 29.8 Å². The molecule has 3 heteroatoms. The molecular weight excluding hydrogens is 210 g/mol. The zero-order chi connectivity index (χ0) is 12.7. The molecule has 96 valence electrons. The Morgan fingerprint density at radius 2 is 1.76 bits per heavy atom. The van der Waals surface area contributed by atoms with Crippen molar-refractivity contribution in [1.29, 1.82) is 0 Å². The van der Waals surface area contributed by atoms with Gasteiger partial charge >= 0.3 is 0 Å². The van der Waals surface area contributed by atoms with Crippen LogP contribution >= 0.6 is 0 Å². The molecule has 0 bridgehead atoms. The van der Waals surface area contributed by atoms with E-state index >= 15 is 0 Å². The molecule has 3 N–H and O–H groups in total. The van der Waals surface area contributed by atoms with Gasteiger partial charge in [-0.3, -0.25) is 0 Å². The molecule has 1 aromatic rings. The van der Waals surface area contributed by atoms with E-state index in [-0.39, 0.29) is 0 Å². The zero-order valence-corrected chi connectivity index (χ0v) is 11.4. The lowest BCUT2D eigenvalue weighted by Gasteiger charge is -2.17. The molecule has 0 aliphatic rings. The highest BCUT2D eigenvalue weighted by atomic mass is 15.0. The quantitative estimate of drug-likeness (QED) is 0.678. The lowest BCUT2D eigenvalue weighted by atomic mass is 10.1. The molecule has 1 unspecified atom stereocenters. The molecule has 3 nitrogen and oxygen atoms in total.